The lowest BCUT2D eigenvalue weighted by atomic mass is 10.1. The van der Waals surface area contributed by atoms with Crippen LogP contribution in [0, 0.1) is 25.5 Å². The highest BCUT2D eigenvalue weighted by molar-refractivity contribution is 7.93. The van der Waals surface area contributed by atoms with E-state index in [1.807, 2.05) is 0 Å². The van der Waals surface area contributed by atoms with Crippen molar-refractivity contribution in [2.24, 2.45) is 14.1 Å². The van der Waals surface area contributed by atoms with E-state index in [0.29, 0.717) is 29.8 Å². The zero-order chi connectivity index (χ0) is 47.8. The number of hydrogen-bond acceptors (Lipinski definition) is 14. The number of hydrogen-bond donors (Lipinski definition) is 5. The minimum atomic E-state index is -3.64. The monoisotopic (exact) mass is 951 g/mol. The molecule has 350 valence electrons. The van der Waals surface area contributed by atoms with Gasteiger partial charge in [0, 0.05) is 18.3 Å². The average molecular weight is 952 g/mol. The Kier molecular flexibility index (Phi) is 13.4. The molecule has 1 amide bonds. The molecular weight excluding hydrogens is 903 g/mol. The van der Waals surface area contributed by atoms with E-state index in [0.717, 1.165) is 0 Å². The van der Waals surface area contributed by atoms with E-state index in [2.05, 4.69) is 40.6 Å². The minimum Gasteiger partial charge on any atom is -0.441 e. The Morgan fingerprint density at radius 1 is 0.864 bits per heavy atom. The molecule has 24 heteroatoms. The fourth-order valence-electron chi connectivity index (χ4n) is 6.70. The number of ether oxygens (including phenoxy) is 2. The van der Waals surface area contributed by atoms with Crippen molar-refractivity contribution < 1.29 is 49.7 Å². The number of benzene rings is 2. The van der Waals surface area contributed by atoms with Crippen molar-refractivity contribution in [1.29, 1.82) is 0 Å². The smallest absolute Gasteiger partial charge is 0.413 e. The van der Waals surface area contributed by atoms with Gasteiger partial charge in [-0.05, 0) is 114 Å². The second-order valence-corrected chi connectivity index (χ2v) is 20.2. The number of carbonyl (C=O) groups excluding carboxylic acids is 1. The van der Waals surface area contributed by atoms with Gasteiger partial charge < -0.3 is 14.6 Å². The number of nitrogens with zero attached hydrogens (tertiary/aromatic N) is 8. The van der Waals surface area contributed by atoms with Crippen LogP contribution in [-0.4, -0.2) is 79.8 Å². The summed E-state index contributed by atoms with van der Waals surface area (Å²) in [7, 11) is -4.19. The van der Waals surface area contributed by atoms with E-state index >= 15 is 4.39 Å². The van der Waals surface area contributed by atoms with Crippen LogP contribution in [0.5, 0.6) is 0 Å². The zero-order valence-electron chi connectivity index (χ0n) is 37.1. The first-order valence-electron chi connectivity index (χ1n) is 20.6. The Morgan fingerprint density at radius 2 is 1.52 bits per heavy atom. The van der Waals surface area contributed by atoms with E-state index in [9.17, 15) is 31.1 Å². The molecule has 0 spiro atoms. The van der Waals surface area contributed by atoms with E-state index in [1.165, 1.54) is 88.7 Å². The first-order valence-corrected chi connectivity index (χ1v) is 23.7. The molecule has 0 radical (unpaired) electrons. The molecule has 1 aliphatic carbocycles. The number of aromatic nitrogens is 8. The summed E-state index contributed by atoms with van der Waals surface area (Å²) in [6, 6.07) is 15.7. The number of aliphatic hydroxyl groups excluding tert-OH is 1. The van der Waals surface area contributed by atoms with Crippen molar-refractivity contribution in [1.82, 2.24) is 34.9 Å². The van der Waals surface area contributed by atoms with Crippen LogP contribution in [0.25, 0.3) is 28.5 Å². The largest absolute Gasteiger partial charge is 0.441 e. The summed E-state index contributed by atoms with van der Waals surface area (Å²) in [6.45, 7) is 9.48. The van der Waals surface area contributed by atoms with Gasteiger partial charge in [-0.1, -0.05) is 17.3 Å². The van der Waals surface area contributed by atoms with Crippen LogP contribution in [0.4, 0.5) is 36.6 Å². The normalized spacial score (nSPS) is 14.4. The summed E-state index contributed by atoms with van der Waals surface area (Å²) >= 11 is 0. The molecule has 66 heavy (non-hydrogen) atoms. The Morgan fingerprint density at radius 3 is 2.17 bits per heavy atom. The molecule has 0 aliphatic heterocycles. The van der Waals surface area contributed by atoms with Crippen LogP contribution in [-0.2, 0) is 43.6 Å². The number of pyridine rings is 2. The summed E-state index contributed by atoms with van der Waals surface area (Å²) in [6.07, 6.45) is -3.37. The molecule has 2 aromatic carbocycles. The van der Waals surface area contributed by atoms with E-state index in [1.54, 1.807) is 47.7 Å². The number of aryl methyl sites for hydroxylation is 4. The highest BCUT2D eigenvalue weighted by Gasteiger charge is 2.37. The fourth-order valence-corrected chi connectivity index (χ4v) is 8.90. The lowest BCUT2D eigenvalue weighted by Crippen LogP contribution is -2.37. The number of anilines is 4. The maximum atomic E-state index is 15.7. The summed E-state index contributed by atoms with van der Waals surface area (Å²) in [4.78, 5) is 22.6. The number of rotatable bonds is 17. The molecular formula is C42H49F2N12O8S2+. The van der Waals surface area contributed by atoms with Crippen molar-refractivity contribution in [3.8, 4) is 28.5 Å². The summed E-state index contributed by atoms with van der Waals surface area (Å²) in [5.41, 5.74) is 2.85. The number of aliphatic hydroxyl groups is 1. The van der Waals surface area contributed by atoms with Crippen LogP contribution < -0.4 is 24.8 Å². The Labute approximate surface area is 379 Å². The first-order chi connectivity index (χ1) is 31.1. The first kappa shape index (κ1) is 47.3. The third kappa shape index (κ3) is 10.6. The van der Waals surface area contributed by atoms with Gasteiger partial charge in [-0.15, -0.1) is 14.5 Å². The van der Waals surface area contributed by atoms with Crippen LogP contribution in [0.3, 0.4) is 0 Å². The van der Waals surface area contributed by atoms with Crippen molar-refractivity contribution >= 4 is 49.2 Å². The standard InChI is InChI=1S/C42H48F2N12O8S2/c1-22(2)65(59,60)50-33-14-16-35(45-23(33)3)37-39(54(7)52-49-37)47-41(57)64-26(6)28-19-30(44)21-31(20-28)56-38(36-17-15-34(24(4)46-36)51-66(61,62)32-12-13-32)40(55(8)53-56)48-42(58)63-25(5)27-10-9-11-29(43)18-27/h9-11,14-22,25-26,32,42,53,58H,12-13H2,1-8H3,(H2,45,46,47,48,49,50,51,52,57)/p+1/t25-,26-,42?/m1/s1. The van der Waals surface area contributed by atoms with Gasteiger partial charge in [-0.3, -0.25) is 20.1 Å². The molecule has 20 nitrogen and oxygen atoms in total. The third-order valence-electron chi connectivity index (χ3n) is 10.6. The summed E-state index contributed by atoms with van der Waals surface area (Å²) in [5.74, 6) is -0.966. The fraction of sp³-hybridized carbons (Fsp3) is 0.357. The second-order valence-electron chi connectivity index (χ2n) is 16.0. The molecule has 5 N–H and O–H groups in total. The van der Waals surface area contributed by atoms with E-state index in [4.69, 9.17) is 14.5 Å². The average Bonchev–Trinajstić information content (AvgIpc) is 3.99. The van der Waals surface area contributed by atoms with Gasteiger partial charge in [0.15, 0.2) is 11.5 Å². The van der Waals surface area contributed by atoms with Gasteiger partial charge in [-0.2, -0.15) is 0 Å². The van der Waals surface area contributed by atoms with Gasteiger partial charge in [0.25, 0.3) is 12.2 Å². The molecule has 4 aromatic heterocycles. The van der Waals surface area contributed by atoms with Crippen molar-refractivity contribution in [2.75, 3.05) is 20.1 Å². The van der Waals surface area contributed by atoms with Gasteiger partial charge in [-0.25, -0.2) is 45.1 Å². The van der Waals surface area contributed by atoms with Gasteiger partial charge in [0.05, 0.1) is 52.1 Å². The number of nitrogens with one attached hydrogen (secondary N) is 4. The highest BCUT2D eigenvalue weighted by atomic mass is 32.2. The predicted octanol–water partition coefficient (Wildman–Crippen LogP) is 5.67. The van der Waals surface area contributed by atoms with Crippen LogP contribution in [0.1, 0.15) is 75.3 Å². The summed E-state index contributed by atoms with van der Waals surface area (Å²) < 4.78 is 101. The van der Waals surface area contributed by atoms with E-state index in [-0.39, 0.29) is 57.0 Å². The van der Waals surface area contributed by atoms with Crippen molar-refractivity contribution in [2.45, 2.75) is 83.5 Å². The Balaban J connectivity index is 1.17. The molecule has 1 fully saturated rings. The molecule has 4 heterocycles. The topological polar surface area (TPSA) is 250 Å². The quantitative estimate of drug-likeness (QED) is 0.0546. The van der Waals surface area contributed by atoms with Crippen LogP contribution in [0.2, 0.25) is 0 Å². The zero-order valence-corrected chi connectivity index (χ0v) is 38.7. The molecule has 6 aromatic rings. The molecule has 1 unspecified atom stereocenters. The molecule has 1 aliphatic rings. The summed E-state index contributed by atoms with van der Waals surface area (Å²) in [5, 5.41) is 28.2. The molecule has 1 saturated carbocycles. The van der Waals surface area contributed by atoms with Crippen LogP contribution in [0.15, 0.2) is 66.7 Å². The third-order valence-corrected chi connectivity index (χ3v) is 14.2. The lowest BCUT2D eigenvalue weighted by molar-refractivity contribution is -0.719. The number of halogens is 2. The van der Waals surface area contributed by atoms with Crippen molar-refractivity contribution in [3.05, 3.63) is 101 Å². The predicted molar refractivity (Wildman–Crippen MR) is 239 cm³/mol. The Bertz CT molecular complexity index is 3030. The number of carbonyl (C=O) groups is 1. The maximum absolute atomic E-state index is 15.7. The number of amides is 1. The molecule has 0 saturated heterocycles. The SMILES string of the molecule is Cc1nc(-c2nnn(C)c2NC(=O)O[C@H](C)c2cc(F)cc(-n3n[n+](C)c(NC(O)O[C@H](C)c4cccc(F)c4)c3-c3ccc(NS(=O)(=O)C4CC4)c(C)n3)c2)ccc1NS(=O)(=O)C(C)C. The number of sulfonamides is 2. The van der Waals surface area contributed by atoms with E-state index < -0.39 is 66.9 Å². The minimum absolute atomic E-state index is 0.105. The van der Waals surface area contributed by atoms with Gasteiger partial charge >= 0.3 is 6.09 Å². The lowest BCUT2D eigenvalue weighted by Gasteiger charge is -2.18. The Hall–Kier alpha value is -6.63. The highest BCUT2D eigenvalue weighted by Crippen LogP contribution is 2.34. The van der Waals surface area contributed by atoms with Crippen LogP contribution >= 0.6 is 0 Å². The molecule has 3 atom stereocenters. The van der Waals surface area contributed by atoms with Gasteiger partial charge in [0.1, 0.15) is 29.1 Å². The molecule has 0 bridgehead atoms. The maximum Gasteiger partial charge on any atom is 0.413 e. The molecule has 7 rings (SSSR count). The second kappa shape index (κ2) is 18.7. The van der Waals surface area contributed by atoms with Gasteiger partial charge in [0.2, 0.25) is 25.7 Å². The van der Waals surface area contributed by atoms with Crippen molar-refractivity contribution in [3.63, 3.8) is 0 Å².